The molecule has 0 aliphatic rings. The van der Waals surface area contributed by atoms with E-state index in [-0.39, 0.29) is 5.78 Å². The van der Waals surface area contributed by atoms with Crippen LogP contribution in [-0.4, -0.2) is 12.4 Å². The van der Waals surface area contributed by atoms with Gasteiger partial charge in [0, 0.05) is 5.56 Å². The van der Waals surface area contributed by atoms with Gasteiger partial charge >= 0.3 is 0 Å². The molecule has 0 amide bonds. The van der Waals surface area contributed by atoms with E-state index in [1.165, 1.54) is 0 Å². The van der Waals surface area contributed by atoms with Gasteiger partial charge in [-0.3, -0.25) is 4.79 Å². The summed E-state index contributed by atoms with van der Waals surface area (Å²) in [6.45, 7) is 18.2. The average molecular weight is 332 g/mol. The van der Waals surface area contributed by atoms with Crippen molar-refractivity contribution in [1.82, 2.24) is 0 Å². The second-order valence-corrected chi connectivity index (χ2v) is 5.37. The lowest BCUT2D eigenvalue weighted by Gasteiger charge is -2.17. The normalized spacial score (nSPS) is 11.0. The molecule has 24 heavy (non-hydrogen) atoms. The molecule has 3 nitrogen and oxygen atoms in total. The summed E-state index contributed by atoms with van der Waals surface area (Å²) in [6, 6.07) is 5.43. The van der Waals surface area contributed by atoms with Gasteiger partial charge in [0.1, 0.15) is 5.75 Å². The second-order valence-electron chi connectivity index (χ2n) is 5.37. The lowest BCUT2D eigenvalue weighted by molar-refractivity contribution is 0.101. The molecule has 3 heteroatoms. The summed E-state index contributed by atoms with van der Waals surface area (Å²) in [7, 11) is 0. The quantitative estimate of drug-likeness (QED) is 0.322. The molecule has 0 saturated heterocycles. The zero-order chi connectivity index (χ0) is 18.7. The maximum atomic E-state index is 11.5. The third-order valence-corrected chi connectivity index (χ3v) is 3.45. The first-order valence-electron chi connectivity index (χ1n) is 8.71. The molecule has 0 radical (unpaired) electrons. The van der Waals surface area contributed by atoms with Gasteiger partial charge in [0.15, 0.2) is 17.3 Å². The highest BCUT2D eigenvalue weighted by molar-refractivity contribution is 5.94. The SMILES string of the molecule is C=C(Oc1cc(C(C)=O)ccc1C)/C(OCCC)=C(/C)CC.CC. The van der Waals surface area contributed by atoms with E-state index in [9.17, 15) is 4.79 Å². The summed E-state index contributed by atoms with van der Waals surface area (Å²) in [5, 5.41) is 0. The minimum Gasteiger partial charge on any atom is -0.490 e. The predicted molar refractivity (Wildman–Crippen MR) is 102 cm³/mol. The molecule has 1 rings (SSSR count). The molecule has 0 atom stereocenters. The highest BCUT2D eigenvalue weighted by Crippen LogP contribution is 2.26. The summed E-state index contributed by atoms with van der Waals surface area (Å²) in [5.74, 6) is 1.84. The zero-order valence-corrected chi connectivity index (χ0v) is 16.3. The minimum absolute atomic E-state index is 0.0122. The van der Waals surface area contributed by atoms with E-state index in [2.05, 4.69) is 20.4 Å². The number of aryl methyl sites for hydroxylation is 1. The van der Waals surface area contributed by atoms with Crippen molar-refractivity contribution in [1.29, 1.82) is 0 Å². The van der Waals surface area contributed by atoms with Crippen molar-refractivity contribution in [3.8, 4) is 5.75 Å². The van der Waals surface area contributed by atoms with E-state index < -0.39 is 0 Å². The Morgan fingerprint density at radius 3 is 2.29 bits per heavy atom. The molecule has 134 valence electrons. The van der Waals surface area contributed by atoms with Gasteiger partial charge in [-0.1, -0.05) is 46.4 Å². The van der Waals surface area contributed by atoms with Crippen LogP contribution in [0.4, 0.5) is 0 Å². The van der Waals surface area contributed by atoms with Crippen molar-refractivity contribution in [2.24, 2.45) is 0 Å². The Balaban J connectivity index is 0.00000254. The molecule has 0 spiro atoms. The first kappa shape index (κ1) is 22.0. The fourth-order valence-corrected chi connectivity index (χ4v) is 1.91. The van der Waals surface area contributed by atoms with Gasteiger partial charge in [-0.2, -0.15) is 0 Å². The summed E-state index contributed by atoms with van der Waals surface area (Å²) in [6.07, 6.45) is 1.79. The van der Waals surface area contributed by atoms with Gasteiger partial charge in [0.25, 0.3) is 0 Å². The zero-order valence-electron chi connectivity index (χ0n) is 16.3. The molecule has 1 aromatic carbocycles. The van der Waals surface area contributed by atoms with Gasteiger partial charge < -0.3 is 9.47 Å². The highest BCUT2D eigenvalue weighted by Gasteiger charge is 2.13. The number of benzene rings is 1. The third kappa shape index (κ3) is 6.61. The molecule has 0 aliphatic carbocycles. The van der Waals surface area contributed by atoms with Crippen LogP contribution in [-0.2, 0) is 4.74 Å². The number of carbonyl (C=O) groups excluding carboxylic acids is 1. The van der Waals surface area contributed by atoms with Crippen LogP contribution in [0.25, 0.3) is 0 Å². The van der Waals surface area contributed by atoms with Crippen LogP contribution < -0.4 is 4.74 Å². The lowest BCUT2D eigenvalue weighted by atomic mass is 10.1. The average Bonchev–Trinajstić information content (AvgIpc) is 2.58. The van der Waals surface area contributed by atoms with Crippen molar-refractivity contribution < 1.29 is 14.3 Å². The standard InChI is InChI=1S/C19H26O3.C2H6/c1-7-11-21-19(13(3)8-2)16(6)22-18-12-17(15(5)20)10-9-14(18)4;1-2/h9-10,12H,6-8,11H2,1-5H3;1-2H3/b19-13+;. The Hall–Kier alpha value is -2.03. The van der Waals surface area contributed by atoms with Gasteiger partial charge in [-0.15, -0.1) is 0 Å². The Kier molecular flexibility index (Phi) is 10.5. The van der Waals surface area contributed by atoms with Crippen molar-refractivity contribution in [3.05, 3.63) is 53.0 Å². The van der Waals surface area contributed by atoms with Crippen LogP contribution in [0.5, 0.6) is 5.75 Å². The lowest BCUT2D eigenvalue weighted by Crippen LogP contribution is -2.06. The molecule has 0 N–H and O–H groups in total. The third-order valence-electron chi connectivity index (χ3n) is 3.45. The van der Waals surface area contributed by atoms with Crippen molar-refractivity contribution in [2.75, 3.05) is 6.61 Å². The van der Waals surface area contributed by atoms with Crippen molar-refractivity contribution in [3.63, 3.8) is 0 Å². The number of hydrogen-bond donors (Lipinski definition) is 0. The fraction of sp³-hybridized carbons (Fsp3) is 0.476. The predicted octanol–water partition coefficient (Wildman–Crippen LogP) is 6.23. The second kappa shape index (κ2) is 11.5. The van der Waals surface area contributed by atoms with Crippen molar-refractivity contribution in [2.45, 2.75) is 61.3 Å². The van der Waals surface area contributed by atoms with E-state index >= 15 is 0 Å². The van der Waals surface area contributed by atoms with Crippen LogP contribution in [0, 0.1) is 6.92 Å². The molecule has 0 fully saturated rings. The smallest absolute Gasteiger partial charge is 0.162 e. The molecule has 0 aliphatic heterocycles. The van der Waals surface area contributed by atoms with E-state index in [1.54, 1.807) is 19.1 Å². The summed E-state index contributed by atoms with van der Waals surface area (Å²) < 4.78 is 11.7. The number of carbonyl (C=O) groups is 1. The maximum Gasteiger partial charge on any atom is 0.162 e. The minimum atomic E-state index is 0.0122. The fourth-order valence-electron chi connectivity index (χ4n) is 1.91. The number of hydrogen-bond acceptors (Lipinski definition) is 3. The van der Waals surface area contributed by atoms with Gasteiger partial charge in [0.2, 0.25) is 0 Å². The van der Waals surface area contributed by atoms with Gasteiger partial charge in [-0.05, 0) is 50.8 Å². The molecule has 0 aromatic heterocycles. The number of Topliss-reactive ketones (excluding diaryl/α,β-unsaturated/α-hetero) is 1. The first-order chi connectivity index (χ1) is 11.4. The molecule has 0 saturated carbocycles. The summed E-state index contributed by atoms with van der Waals surface area (Å²) in [4.78, 5) is 11.5. The van der Waals surface area contributed by atoms with Crippen molar-refractivity contribution >= 4 is 5.78 Å². The van der Waals surface area contributed by atoms with Gasteiger partial charge in [-0.25, -0.2) is 0 Å². The number of rotatable bonds is 8. The van der Waals surface area contributed by atoms with Gasteiger partial charge in [0.05, 0.1) is 6.61 Å². The van der Waals surface area contributed by atoms with Crippen LogP contribution in [0.3, 0.4) is 0 Å². The van der Waals surface area contributed by atoms with Crippen LogP contribution in [0.2, 0.25) is 0 Å². The molecule has 0 heterocycles. The Morgan fingerprint density at radius 1 is 1.17 bits per heavy atom. The van der Waals surface area contributed by atoms with Crippen LogP contribution in [0.15, 0.2) is 41.9 Å². The highest BCUT2D eigenvalue weighted by atomic mass is 16.5. The van der Waals surface area contributed by atoms with E-state index in [1.807, 2.05) is 33.8 Å². The Morgan fingerprint density at radius 2 is 1.79 bits per heavy atom. The Labute approximate surface area is 147 Å². The number of ketones is 1. The molecule has 0 bridgehead atoms. The largest absolute Gasteiger partial charge is 0.490 e. The van der Waals surface area contributed by atoms with Crippen LogP contribution >= 0.6 is 0 Å². The first-order valence-corrected chi connectivity index (χ1v) is 8.71. The number of ether oxygens (including phenoxy) is 2. The summed E-state index contributed by atoms with van der Waals surface area (Å²) in [5.41, 5.74) is 2.68. The molecule has 0 unspecified atom stereocenters. The monoisotopic (exact) mass is 332 g/mol. The van der Waals surface area contributed by atoms with E-state index in [4.69, 9.17) is 9.47 Å². The van der Waals surface area contributed by atoms with Crippen LogP contribution in [0.1, 0.15) is 70.3 Å². The number of allylic oxidation sites excluding steroid dienone is 1. The Bertz CT molecular complexity index is 583. The summed E-state index contributed by atoms with van der Waals surface area (Å²) >= 11 is 0. The maximum absolute atomic E-state index is 11.5. The van der Waals surface area contributed by atoms with E-state index in [0.717, 1.165) is 24.0 Å². The van der Waals surface area contributed by atoms with E-state index in [0.29, 0.717) is 29.4 Å². The molecule has 1 aromatic rings. The molecular formula is C21H32O3. The topological polar surface area (TPSA) is 35.5 Å². The molecular weight excluding hydrogens is 300 g/mol.